The van der Waals surface area contributed by atoms with Crippen molar-refractivity contribution in [2.24, 2.45) is 11.8 Å². The summed E-state index contributed by atoms with van der Waals surface area (Å²) in [5.74, 6) is 2.04. The number of hydrogen-bond acceptors (Lipinski definition) is 0. The first-order chi connectivity index (χ1) is 10.3. The first-order valence-corrected chi connectivity index (χ1v) is 10.3. The smallest absolute Gasteiger partial charge is 0.0412 e. The van der Waals surface area contributed by atoms with E-state index in [0.717, 1.165) is 11.8 Å². The van der Waals surface area contributed by atoms with Gasteiger partial charge in [0.15, 0.2) is 0 Å². The summed E-state index contributed by atoms with van der Waals surface area (Å²) in [5, 5.41) is 0. The maximum atomic E-state index is 2.42. The SMILES string of the molecule is CCCCCCC(CC)CC(CCCC)CCCCCC. The van der Waals surface area contributed by atoms with Crippen molar-refractivity contribution in [1.82, 2.24) is 0 Å². The molecule has 0 heteroatoms. The van der Waals surface area contributed by atoms with Crippen LogP contribution in [-0.2, 0) is 0 Å². The van der Waals surface area contributed by atoms with E-state index in [1.165, 1.54) is 96.3 Å². The number of unbranched alkanes of at least 4 members (excludes halogenated alkanes) is 7. The summed E-state index contributed by atoms with van der Waals surface area (Å²) in [7, 11) is 0. The molecule has 0 aromatic heterocycles. The van der Waals surface area contributed by atoms with E-state index in [1.54, 1.807) is 0 Å². The van der Waals surface area contributed by atoms with Gasteiger partial charge in [0.05, 0.1) is 0 Å². The largest absolute Gasteiger partial charge is 0.0654 e. The van der Waals surface area contributed by atoms with Crippen LogP contribution in [-0.4, -0.2) is 0 Å². The zero-order chi connectivity index (χ0) is 15.8. The molecule has 0 rings (SSSR count). The van der Waals surface area contributed by atoms with Crippen molar-refractivity contribution < 1.29 is 0 Å². The van der Waals surface area contributed by atoms with Crippen LogP contribution < -0.4 is 0 Å². The molecule has 0 fully saturated rings. The fourth-order valence-corrected chi connectivity index (χ4v) is 3.55. The average Bonchev–Trinajstić information content (AvgIpc) is 2.51. The molecular weight excluding hydrogens is 252 g/mol. The summed E-state index contributed by atoms with van der Waals surface area (Å²) in [4.78, 5) is 0. The van der Waals surface area contributed by atoms with Gasteiger partial charge in [-0.05, 0) is 18.3 Å². The fourth-order valence-electron chi connectivity index (χ4n) is 3.55. The summed E-state index contributed by atoms with van der Waals surface area (Å²) in [6, 6.07) is 0. The average molecular weight is 297 g/mol. The summed E-state index contributed by atoms with van der Waals surface area (Å²) in [6.07, 6.45) is 21.7. The summed E-state index contributed by atoms with van der Waals surface area (Å²) < 4.78 is 0. The highest BCUT2D eigenvalue weighted by Crippen LogP contribution is 2.29. The van der Waals surface area contributed by atoms with Gasteiger partial charge in [-0.15, -0.1) is 0 Å². The third-order valence-corrected chi connectivity index (χ3v) is 5.14. The molecule has 0 radical (unpaired) electrons. The van der Waals surface area contributed by atoms with Crippen LogP contribution in [0.25, 0.3) is 0 Å². The standard InChI is InChI=1S/C21H44/c1-5-9-12-14-17-20(8-4)19-21(16-11-7-3)18-15-13-10-6-2/h20-21H,5-19H2,1-4H3. The minimum atomic E-state index is 1.01. The van der Waals surface area contributed by atoms with E-state index >= 15 is 0 Å². The highest BCUT2D eigenvalue weighted by atomic mass is 14.2. The third-order valence-electron chi connectivity index (χ3n) is 5.14. The molecule has 0 aromatic carbocycles. The summed E-state index contributed by atoms with van der Waals surface area (Å²) in [6.45, 7) is 9.39. The quantitative estimate of drug-likeness (QED) is 0.252. The Bertz CT molecular complexity index is 184. The van der Waals surface area contributed by atoms with E-state index in [0.29, 0.717) is 0 Å². The maximum Gasteiger partial charge on any atom is -0.0412 e. The normalized spacial score (nSPS) is 14.3. The Kier molecular flexibility index (Phi) is 16.4. The highest BCUT2D eigenvalue weighted by Gasteiger charge is 2.14. The second-order valence-electron chi connectivity index (χ2n) is 7.22. The predicted molar refractivity (Wildman–Crippen MR) is 98.9 cm³/mol. The zero-order valence-corrected chi connectivity index (χ0v) is 15.8. The second-order valence-corrected chi connectivity index (χ2v) is 7.22. The van der Waals surface area contributed by atoms with E-state index < -0.39 is 0 Å². The van der Waals surface area contributed by atoms with Gasteiger partial charge < -0.3 is 0 Å². The molecule has 21 heavy (non-hydrogen) atoms. The second kappa shape index (κ2) is 16.4. The molecule has 0 spiro atoms. The Morgan fingerprint density at radius 2 is 0.952 bits per heavy atom. The van der Waals surface area contributed by atoms with Gasteiger partial charge in [-0.1, -0.05) is 118 Å². The molecule has 2 unspecified atom stereocenters. The van der Waals surface area contributed by atoms with Crippen LogP contribution in [0.5, 0.6) is 0 Å². The van der Waals surface area contributed by atoms with Gasteiger partial charge in [0.25, 0.3) is 0 Å². The Morgan fingerprint density at radius 3 is 1.43 bits per heavy atom. The maximum absolute atomic E-state index is 2.42. The highest BCUT2D eigenvalue weighted by molar-refractivity contribution is 4.67. The minimum Gasteiger partial charge on any atom is -0.0654 e. The minimum absolute atomic E-state index is 1.01. The number of hydrogen-bond donors (Lipinski definition) is 0. The van der Waals surface area contributed by atoms with Crippen molar-refractivity contribution in [3.8, 4) is 0 Å². The topological polar surface area (TPSA) is 0 Å². The molecule has 128 valence electrons. The van der Waals surface area contributed by atoms with Gasteiger partial charge in [0.1, 0.15) is 0 Å². The van der Waals surface area contributed by atoms with E-state index in [2.05, 4.69) is 27.7 Å². The van der Waals surface area contributed by atoms with Crippen LogP contribution in [0.1, 0.15) is 124 Å². The monoisotopic (exact) mass is 296 g/mol. The lowest BCUT2D eigenvalue weighted by Crippen LogP contribution is -2.09. The summed E-state index contributed by atoms with van der Waals surface area (Å²) >= 11 is 0. The first kappa shape index (κ1) is 21.0. The van der Waals surface area contributed by atoms with E-state index in [-0.39, 0.29) is 0 Å². The van der Waals surface area contributed by atoms with Crippen molar-refractivity contribution >= 4 is 0 Å². The van der Waals surface area contributed by atoms with Gasteiger partial charge >= 0.3 is 0 Å². The van der Waals surface area contributed by atoms with Crippen LogP contribution in [0.3, 0.4) is 0 Å². The van der Waals surface area contributed by atoms with E-state index in [4.69, 9.17) is 0 Å². The Labute approximate surface area is 136 Å². The van der Waals surface area contributed by atoms with Gasteiger partial charge in [0.2, 0.25) is 0 Å². The lowest BCUT2D eigenvalue weighted by atomic mass is 9.83. The molecule has 0 aliphatic heterocycles. The van der Waals surface area contributed by atoms with Crippen LogP contribution in [0.4, 0.5) is 0 Å². The predicted octanol–water partition coefficient (Wildman–Crippen LogP) is 8.15. The van der Waals surface area contributed by atoms with Crippen molar-refractivity contribution in [2.45, 2.75) is 124 Å². The Hall–Kier alpha value is 0. The van der Waals surface area contributed by atoms with Crippen LogP contribution in [0, 0.1) is 11.8 Å². The molecule has 0 aliphatic rings. The van der Waals surface area contributed by atoms with Crippen LogP contribution in [0.15, 0.2) is 0 Å². The molecule has 0 amide bonds. The number of rotatable bonds is 16. The van der Waals surface area contributed by atoms with Crippen LogP contribution in [0.2, 0.25) is 0 Å². The molecule has 0 N–H and O–H groups in total. The van der Waals surface area contributed by atoms with Crippen molar-refractivity contribution in [2.75, 3.05) is 0 Å². The summed E-state index contributed by atoms with van der Waals surface area (Å²) in [5.41, 5.74) is 0. The van der Waals surface area contributed by atoms with Crippen molar-refractivity contribution in [3.63, 3.8) is 0 Å². The van der Waals surface area contributed by atoms with Crippen molar-refractivity contribution in [1.29, 1.82) is 0 Å². The lowest BCUT2D eigenvalue weighted by molar-refractivity contribution is 0.296. The Balaban J connectivity index is 4.00. The Morgan fingerprint density at radius 1 is 0.476 bits per heavy atom. The fraction of sp³-hybridized carbons (Fsp3) is 1.00. The zero-order valence-electron chi connectivity index (χ0n) is 15.8. The van der Waals surface area contributed by atoms with Gasteiger partial charge in [-0.3, -0.25) is 0 Å². The van der Waals surface area contributed by atoms with Gasteiger partial charge in [0, 0.05) is 0 Å². The molecule has 0 saturated heterocycles. The molecule has 0 bridgehead atoms. The molecule has 0 nitrogen and oxygen atoms in total. The molecular formula is C21H44. The van der Waals surface area contributed by atoms with Gasteiger partial charge in [-0.2, -0.15) is 0 Å². The van der Waals surface area contributed by atoms with Crippen LogP contribution >= 0.6 is 0 Å². The molecule has 0 heterocycles. The third kappa shape index (κ3) is 13.4. The van der Waals surface area contributed by atoms with Gasteiger partial charge in [-0.25, -0.2) is 0 Å². The van der Waals surface area contributed by atoms with Crippen molar-refractivity contribution in [3.05, 3.63) is 0 Å². The molecule has 0 aliphatic carbocycles. The molecule has 2 atom stereocenters. The van der Waals surface area contributed by atoms with E-state index in [1.807, 2.05) is 0 Å². The first-order valence-electron chi connectivity index (χ1n) is 10.3. The molecule has 0 saturated carbocycles. The molecule has 0 aromatic rings. The lowest BCUT2D eigenvalue weighted by Gasteiger charge is -2.23. The van der Waals surface area contributed by atoms with E-state index in [9.17, 15) is 0 Å².